The molecule has 0 amide bonds. The van der Waals surface area contributed by atoms with Crippen molar-refractivity contribution < 1.29 is 4.74 Å². The summed E-state index contributed by atoms with van der Waals surface area (Å²) in [4.78, 5) is 11.3. The van der Waals surface area contributed by atoms with Gasteiger partial charge >= 0.3 is 0 Å². The molecular formula is C19H29N5O. The van der Waals surface area contributed by atoms with Gasteiger partial charge in [-0.3, -0.25) is 0 Å². The molecule has 2 unspecified atom stereocenters. The minimum absolute atomic E-state index is 0.297. The molecule has 6 nitrogen and oxygen atoms in total. The molecule has 0 radical (unpaired) electrons. The molecule has 0 bridgehead atoms. The first-order chi connectivity index (χ1) is 12.2. The second kappa shape index (κ2) is 6.56. The fourth-order valence-corrected chi connectivity index (χ4v) is 5.01. The lowest BCUT2D eigenvalue weighted by molar-refractivity contribution is -0.141. The van der Waals surface area contributed by atoms with Gasteiger partial charge in [-0.05, 0) is 32.6 Å². The van der Waals surface area contributed by atoms with Gasteiger partial charge < -0.3 is 9.64 Å². The van der Waals surface area contributed by atoms with Crippen LogP contribution in [0.4, 0.5) is 5.82 Å². The molecule has 2 saturated carbocycles. The summed E-state index contributed by atoms with van der Waals surface area (Å²) in [5, 5.41) is 4.41. The van der Waals surface area contributed by atoms with Gasteiger partial charge in [0, 0.05) is 36.9 Å². The number of hydrogen-bond donors (Lipinski definition) is 0. The predicted molar refractivity (Wildman–Crippen MR) is 97.9 cm³/mol. The van der Waals surface area contributed by atoms with Crippen molar-refractivity contribution in [2.45, 2.75) is 70.9 Å². The van der Waals surface area contributed by atoms with Crippen LogP contribution in [0.1, 0.15) is 58.1 Å². The topological polar surface area (TPSA) is 55.5 Å². The summed E-state index contributed by atoms with van der Waals surface area (Å²) in [7, 11) is 2.21. The minimum Gasteiger partial charge on any atom is -0.378 e. The monoisotopic (exact) mass is 343 g/mol. The number of ether oxygens (including phenoxy) is 1. The molecule has 2 fully saturated rings. The van der Waals surface area contributed by atoms with E-state index in [2.05, 4.69) is 46.9 Å². The van der Waals surface area contributed by atoms with Crippen LogP contribution in [0.15, 0.2) is 12.4 Å². The Bertz CT molecular complexity index is 736. The lowest BCUT2D eigenvalue weighted by Gasteiger charge is -2.60. The summed E-state index contributed by atoms with van der Waals surface area (Å²) in [5.74, 6) is 1.80. The first-order valence-electron chi connectivity index (χ1n) is 9.73. The molecular weight excluding hydrogens is 314 g/mol. The molecule has 0 aromatic carbocycles. The van der Waals surface area contributed by atoms with E-state index in [1.807, 2.05) is 4.52 Å². The summed E-state index contributed by atoms with van der Waals surface area (Å²) < 4.78 is 8.01. The van der Waals surface area contributed by atoms with Gasteiger partial charge in [-0.25, -0.2) is 4.98 Å². The number of anilines is 1. The van der Waals surface area contributed by atoms with Gasteiger partial charge in [-0.2, -0.15) is 14.6 Å². The second-order valence-electron chi connectivity index (χ2n) is 7.53. The SMILES string of the molecule is CCOC1CC(N(C)c2cc(CC)nc3ncnn23)C12CCCCC2. The number of nitrogens with zero attached hydrogens (tertiary/aromatic N) is 5. The van der Waals surface area contributed by atoms with Crippen molar-refractivity contribution in [1.29, 1.82) is 0 Å². The molecule has 0 saturated heterocycles. The highest BCUT2D eigenvalue weighted by molar-refractivity contribution is 5.49. The van der Waals surface area contributed by atoms with E-state index in [1.54, 1.807) is 6.33 Å². The molecule has 2 aromatic rings. The summed E-state index contributed by atoms with van der Waals surface area (Å²) in [5.41, 5.74) is 1.37. The van der Waals surface area contributed by atoms with E-state index in [0.717, 1.165) is 31.0 Å². The summed E-state index contributed by atoms with van der Waals surface area (Å²) in [6.07, 6.45) is 10.6. The molecule has 1 spiro atoms. The van der Waals surface area contributed by atoms with Gasteiger partial charge in [0.05, 0.1) is 6.10 Å². The van der Waals surface area contributed by atoms with Crippen LogP contribution in [-0.4, -0.2) is 45.4 Å². The zero-order valence-corrected chi connectivity index (χ0v) is 15.6. The van der Waals surface area contributed by atoms with Gasteiger partial charge in [0.25, 0.3) is 5.78 Å². The molecule has 0 N–H and O–H groups in total. The fraction of sp³-hybridized carbons (Fsp3) is 0.737. The van der Waals surface area contributed by atoms with Gasteiger partial charge in [0.1, 0.15) is 12.1 Å². The van der Waals surface area contributed by atoms with Crippen molar-refractivity contribution >= 4 is 11.6 Å². The van der Waals surface area contributed by atoms with Gasteiger partial charge in [-0.15, -0.1) is 0 Å². The molecule has 2 heterocycles. The highest BCUT2D eigenvalue weighted by Gasteiger charge is 2.57. The molecule has 2 aliphatic carbocycles. The van der Waals surface area contributed by atoms with Crippen molar-refractivity contribution in [3.8, 4) is 0 Å². The van der Waals surface area contributed by atoms with Crippen LogP contribution in [0, 0.1) is 5.41 Å². The highest BCUT2D eigenvalue weighted by atomic mass is 16.5. The van der Waals surface area contributed by atoms with E-state index in [1.165, 1.54) is 32.1 Å². The molecule has 2 atom stereocenters. The van der Waals surface area contributed by atoms with E-state index >= 15 is 0 Å². The Hall–Kier alpha value is -1.69. The molecule has 6 heteroatoms. The Kier molecular flexibility index (Phi) is 4.40. The highest BCUT2D eigenvalue weighted by Crippen LogP contribution is 2.55. The summed E-state index contributed by atoms with van der Waals surface area (Å²) >= 11 is 0. The number of rotatable bonds is 5. The largest absolute Gasteiger partial charge is 0.378 e. The molecule has 2 aliphatic rings. The third-order valence-electron chi connectivity index (χ3n) is 6.37. The van der Waals surface area contributed by atoms with E-state index in [-0.39, 0.29) is 0 Å². The van der Waals surface area contributed by atoms with Gasteiger partial charge in [0.2, 0.25) is 0 Å². The van der Waals surface area contributed by atoms with Gasteiger partial charge in [-0.1, -0.05) is 26.2 Å². The minimum atomic E-state index is 0.297. The first-order valence-corrected chi connectivity index (χ1v) is 9.73. The summed E-state index contributed by atoms with van der Waals surface area (Å²) in [6, 6.07) is 2.68. The van der Waals surface area contributed by atoms with E-state index in [4.69, 9.17) is 4.74 Å². The van der Waals surface area contributed by atoms with Crippen molar-refractivity contribution in [3.05, 3.63) is 18.1 Å². The van der Waals surface area contributed by atoms with Crippen LogP contribution in [0.2, 0.25) is 0 Å². The Morgan fingerprint density at radius 3 is 2.80 bits per heavy atom. The molecule has 136 valence electrons. The zero-order valence-electron chi connectivity index (χ0n) is 15.6. The van der Waals surface area contributed by atoms with Crippen LogP contribution in [0.25, 0.3) is 5.78 Å². The average Bonchev–Trinajstić information content (AvgIpc) is 3.12. The van der Waals surface area contributed by atoms with Crippen LogP contribution in [-0.2, 0) is 11.2 Å². The van der Waals surface area contributed by atoms with E-state index in [9.17, 15) is 0 Å². The number of aryl methyl sites for hydroxylation is 1. The molecule has 4 rings (SSSR count). The quantitative estimate of drug-likeness (QED) is 0.834. The lowest BCUT2D eigenvalue weighted by Crippen LogP contribution is -2.65. The normalized spacial score (nSPS) is 25.2. The van der Waals surface area contributed by atoms with Crippen LogP contribution in [0.3, 0.4) is 0 Å². The maximum atomic E-state index is 6.13. The van der Waals surface area contributed by atoms with Crippen molar-refractivity contribution in [1.82, 2.24) is 19.6 Å². The number of fused-ring (bicyclic) bond motifs is 1. The van der Waals surface area contributed by atoms with Gasteiger partial charge in [0.15, 0.2) is 0 Å². The maximum Gasteiger partial charge on any atom is 0.254 e. The fourth-order valence-electron chi connectivity index (χ4n) is 5.01. The summed E-state index contributed by atoms with van der Waals surface area (Å²) in [6.45, 7) is 5.06. The van der Waals surface area contributed by atoms with E-state index in [0.29, 0.717) is 23.3 Å². The molecule has 0 aliphatic heterocycles. The zero-order chi connectivity index (χ0) is 17.4. The second-order valence-corrected chi connectivity index (χ2v) is 7.53. The van der Waals surface area contributed by atoms with Crippen molar-refractivity contribution in [2.24, 2.45) is 5.41 Å². The van der Waals surface area contributed by atoms with Crippen LogP contribution in [0.5, 0.6) is 0 Å². The maximum absolute atomic E-state index is 6.13. The van der Waals surface area contributed by atoms with Crippen LogP contribution >= 0.6 is 0 Å². The molecule has 2 aromatic heterocycles. The van der Waals surface area contributed by atoms with Crippen LogP contribution < -0.4 is 4.90 Å². The number of aromatic nitrogens is 4. The van der Waals surface area contributed by atoms with Crippen molar-refractivity contribution in [3.63, 3.8) is 0 Å². The number of hydrogen-bond acceptors (Lipinski definition) is 5. The Morgan fingerprint density at radius 2 is 2.08 bits per heavy atom. The third-order valence-corrected chi connectivity index (χ3v) is 6.37. The lowest BCUT2D eigenvalue weighted by atomic mass is 9.54. The first kappa shape index (κ1) is 16.8. The Balaban J connectivity index is 1.68. The average molecular weight is 343 g/mol. The van der Waals surface area contributed by atoms with Crippen molar-refractivity contribution in [2.75, 3.05) is 18.6 Å². The standard InChI is InChI=1S/C19H29N5O/c1-4-14-11-17(24-18(22-14)20-13-21-24)23(3)15-12-16(25-5-2)19(15)9-7-6-8-10-19/h11,13,15-16H,4-10,12H2,1-3H3. The Morgan fingerprint density at radius 1 is 1.28 bits per heavy atom. The van der Waals surface area contributed by atoms with E-state index < -0.39 is 0 Å². The molecule has 25 heavy (non-hydrogen) atoms. The smallest absolute Gasteiger partial charge is 0.254 e. The Labute approximate surface area is 149 Å². The third kappa shape index (κ3) is 2.62. The predicted octanol–water partition coefficient (Wildman–Crippen LogP) is 3.25.